The lowest BCUT2D eigenvalue weighted by Gasteiger charge is -2.39. The number of aromatic nitrogens is 4. The van der Waals surface area contributed by atoms with Gasteiger partial charge in [0, 0.05) is 39.4 Å². The van der Waals surface area contributed by atoms with Crippen molar-refractivity contribution in [1.29, 1.82) is 0 Å². The van der Waals surface area contributed by atoms with Crippen molar-refractivity contribution in [3.8, 4) is 5.88 Å². The number of alkyl halides is 2. The maximum absolute atomic E-state index is 14.9. The molecule has 0 spiro atoms. The molecule has 0 saturated carbocycles. The molecule has 0 unspecified atom stereocenters. The van der Waals surface area contributed by atoms with Gasteiger partial charge in [-0.3, -0.25) is 10.6 Å². The Labute approximate surface area is 224 Å². The van der Waals surface area contributed by atoms with Gasteiger partial charge in [-0.05, 0) is 32.9 Å². The number of nitrogens with one attached hydrogen (secondary N) is 2. The normalized spacial score (nSPS) is 23.6. The molecule has 212 valence electrons. The first-order valence-corrected chi connectivity index (χ1v) is 12.7. The van der Waals surface area contributed by atoms with Crippen LogP contribution in [0.25, 0.3) is 0 Å². The van der Waals surface area contributed by atoms with Crippen molar-refractivity contribution in [2.75, 3.05) is 62.4 Å². The Balaban J connectivity index is 1.35. The van der Waals surface area contributed by atoms with Crippen LogP contribution in [0.2, 0.25) is 0 Å². The lowest BCUT2D eigenvalue weighted by atomic mass is 10.0. The van der Waals surface area contributed by atoms with Crippen molar-refractivity contribution in [2.24, 2.45) is 0 Å². The van der Waals surface area contributed by atoms with Gasteiger partial charge in [0.25, 0.3) is 0 Å². The van der Waals surface area contributed by atoms with Crippen LogP contribution < -0.4 is 20.3 Å². The van der Waals surface area contributed by atoms with Gasteiger partial charge in [-0.1, -0.05) is 0 Å². The van der Waals surface area contributed by atoms with Crippen LogP contribution in [0.15, 0.2) is 24.7 Å². The second-order valence-corrected chi connectivity index (χ2v) is 9.41. The van der Waals surface area contributed by atoms with Crippen LogP contribution in [-0.4, -0.2) is 113 Å². The summed E-state index contributed by atoms with van der Waals surface area (Å²) < 4.78 is 39.6. The molecule has 4 heterocycles. The smallest absolute Gasteiger partial charge is 0.413 e. The molecular weight excluding hydrogens is 516 g/mol. The fraction of sp³-hybridized carbons (Fsp3) is 0.583. The fourth-order valence-electron chi connectivity index (χ4n) is 4.40. The van der Waals surface area contributed by atoms with Gasteiger partial charge < -0.3 is 24.2 Å². The van der Waals surface area contributed by atoms with Crippen molar-refractivity contribution < 1.29 is 27.8 Å². The standard InChI is InChI=1S/C24H33F2N9O4/c1-4-38-21-12-28-20(11-29-21)31-23(36)34(3)17-13-35(10-7-15(17)25)22-27-8-5-19(30-22)32-24(37)39-18-14-33(2)9-6-16(18)26/h5,8,11-12,15-18H,4,6-7,9-10,13-14H2,1-3H3,(H,28,31,36)(H,27,30,32,37)/t15-,16+,17+,18+/m1/s1. The molecule has 2 aliphatic heterocycles. The van der Waals surface area contributed by atoms with E-state index in [1.165, 1.54) is 36.6 Å². The van der Waals surface area contributed by atoms with Gasteiger partial charge in [0.05, 0.1) is 25.0 Å². The van der Waals surface area contributed by atoms with E-state index < -0.39 is 36.6 Å². The average Bonchev–Trinajstić information content (AvgIpc) is 2.92. The highest BCUT2D eigenvalue weighted by molar-refractivity contribution is 5.88. The lowest BCUT2D eigenvalue weighted by Crippen LogP contribution is -2.55. The molecule has 4 rings (SSSR count). The minimum absolute atomic E-state index is 0.117. The topological polar surface area (TPSA) is 138 Å². The number of hydrogen-bond acceptors (Lipinski definition) is 10. The number of anilines is 3. The van der Waals surface area contributed by atoms with E-state index in [0.29, 0.717) is 32.1 Å². The summed E-state index contributed by atoms with van der Waals surface area (Å²) in [5, 5.41) is 5.11. The summed E-state index contributed by atoms with van der Waals surface area (Å²) in [6.45, 7) is 3.58. The zero-order valence-electron chi connectivity index (χ0n) is 22.1. The third-order valence-corrected chi connectivity index (χ3v) is 6.57. The average molecular weight is 550 g/mol. The van der Waals surface area contributed by atoms with E-state index in [-0.39, 0.29) is 37.0 Å². The number of rotatable bonds is 7. The van der Waals surface area contributed by atoms with Crippen molar-refractivity contribution in [3.63, 3.8) is 0 Å². The Kier molecular flexibility index (Phi) is 9.22. The number of likely N-dealkylation sites (N-methyl/N-ethyl adjacent to an activating group) is 2. The minimum atomic E-state index is -1.28. The highest BCUT2D eigenvalue weighted by Crippen LogP contribution is 2.24. The van der Waals surface area contributed by atoms with E-state index in [4.69, 9.17) is 9.47 Å². The van der Waals surface area contributed by atoms with E-state index >= 15 is 0 Å². The molecule has 2 fully saturated rings. The van der Waals surface area contributed by atoms with Crippen LogP contribution in [0, 0.1) is 0 Å². The van der Waals surface area contributed by atoms with E-state index in [2.05, 4.69) is 30.6 Å². The number of piperidine rings is 2. The maximum atomic E-state index is 14.9. The highest BCUT2D eigenvalue weighted by Gasteiger charge is 2.36. The molecule has 0 aliphatic carbocycles. The summed E-state index contributed by atoms with van der Waals surface area (Å²) in [5.74, 6) is 0.931. The maximum Gasteiger partial charge on any atom is 0.413 e. The highest BCUT2D eigenvalue weighted by atomic mass is 19.1. The summed E-state index contributed by atoms with van der Waals surface area (Å²) >= 11 is 0. The molecule has 0 bridgehead atoms. The molecule has 13 nitrogen and oxygen atoms in total. The molecule has 2 aliphatic rings. The quantitative estimate of drug-likeness (QED) is 0.529. The summed E-state index contributed by atoms with van der Waals surface area (Å²) in [6.07, 6.45) is 0.415. The molecule has 2 saturated heterocycles. The number of carbonyl (C=O) groups is 2. The predicted molar refractivity (Wildman–Crippen MR) is 138 cm³/mol. The SMILES string of the molecule is CCOc1cnc(NC(=O)N(C)[C@H]2CN(c3nccc(NC(=O)O[C@H]4CN(C)CC[C@@H]4F)n3)CC[C@H]2F)cn1. The summed E-state index contributed by atoms with van der Waals surface area (Å²) in [4.78, 5) is 46.8. The van der Waals surface area contributed by atoms with Crippen LogP contribution in [0.3, 0.4) is 0 Å². The Morgan fingerprint density at radius 3 is 2.62 bits per heavy atom. The molecule has 4 atom stereocenters. The van der Waals surface area contributed by atoms with Crippen molar-refractivity contribution in [2.45, 2.75) is 44.3 Å². The monoisotopic (exact) mass is 549 g/mol. The first-order valence-electron chi connectivity index (χ1n) is 12.7. The Bertz CT molecular complexity index is 1130. The third-order valence-electron chi connectivity index (χ3n) is 6.57. The molecular formula is C24H33F2N9O4. The van der Waals surface area contributed by atoms with Crippen LogP contribution in [0.5, 0.6) is 5.88 Å². The number of likely N-dealkylation sites (tertiary alicyclic amines) is 1. The van der Waals surface area contributed by atoms with Gasteiger partial charge in [-0.2, -0.15) is 4.98 Å². The van der Waals surface area contributed by atoms with Gasteiger partial charge >= 0.3 is 12.1 Å². The number of hydrogen-bond donors (Lipinski definition) is 2. The number of ether oxygens (including phenoxy) is 2. The summed E-state index contributed by atoms with van der Waals surface area (Å²) in [7, 11) is 3.33. The van der Waals surface area contributed by atoms with Crippen LogP contribution >= 0.6 is 0 Å². The molecule has 2 aromatic rings. The summed E-state index contributed by atoms with van der Waals surface area (Å²) in [5.41, 5.74) is 0. The lowest BCUT2D eigenvalue weighted by molar-refractivity contribution is 0.00188. The molecule has 3 amide bonds. The van der Waals surface area contributed by atoms with E-state index in [1.807, 2.05) is 18.9 Å². The number of amides is 3. The zero-order valence-corrected chi connectivity index (χ0v) is 22.1. The minimum Gasteiger partial charge on any atom is -0.477 e. The predicted octanol–water partition coefficient (Wildman–Crippen LogP) is 2.34. The number of urea groups is 1. The van der Waals surface area contributed by atoms with Gasteiger partial charge in [0.15, 0.2) is 5.82 Å². The summed E-state index contributed by atoms with van der Waals surface area (Å²) in [6, 6.07) is 0.118. The molecule has 2 aromatic heterocycles. The Morgan fingerprint density at radius 2 is 1.87 bits per heavy atom. The molecule has 0 radical (unpaired) electrons. The van der Waals surface area contributed by atoms with Gasteiger partial charge in [0.1, 0.15) is 24.3 Å². The largest absolute Gasteiger partial charge is 0.477 e. The molecule has 39 heavy (non-hydrogen) atoms. The van der Waals surface area contributed by atoms with Crippen LogP contribution in [-0.2, 0) is 4.74 Å². The molecule has 15 heteroatoms. The Hall–Kier alpha value is -3.88. The number of halogens is 2. The number of nitrogens with zero attached hydrogens (tertiary/aromatic N) is 7. The van der Waals surface area contributed by atoms with Crippen molar-refractivity contribution in [3.05, 3.63) is 24.7 Å². The van der Waals surface area contributed by atoms with E-state index in [1.54, 1.807) is 4.90 Å². The zero-order chi connectivity index (χ0) is 27.9. The van der Waals surface area contributed by atoms with E-state index in [9.17, 15) is 18.4 Å². The van der Waals surface area contributed by atoms with Gasteiger partial charge in [-0.25, -0.2) is 33.3 Å². The van der Waals surface area contributed by atoms with Crippen LogP contribution in [0.4, 0.5) is 36.0 Å². The van der Waals surface area contributed by atoms with Crippen LogP contribution in [0.1, 0.15) is 19.8 Å². The second-order valence-electron chi connectivity index (χ2n) is 9.41. The van der Waals surface area contributed by atoms with Crippen molar-refractivity contribution >= 4 is 29.7 Å². The molecule has 0 aromatic carbocycles. The van der Waals surface area contributed by atoms with Gasteiger partial charge in [0.2, 0.25) is 11.8 Å². The van der Waals surface area contributed by atoms with Gasteiger partial charge in [-0.15, -0.1) is 0 Å². The molecule has 2 N–H and O–H groups in total. The second kappa shape index (κ2) is 12.8. The van der Waals surface area contributed by atoms with Crippen molar-refractivity contribution in [1.82, 2.24) is 29.7 Å². The first-order chi connectivity index (χ1) is 18.7. The number of carbonyl (C=O) groups excluding carboxylic acids is 2. The Morgan fingerprint density at radius 1 is 1.08 bits per heavy atom. The first kappa shape index (κ1) is 28.1. The third kappa shape index (κ3) is 7.37. The van der Waals surface area contributed by atoms with E-state index in [0.717, 1.165) is 0 Å². The fourth-order valence-corrected chi connectivity index (χ4v) is 4.40.